The molecule has 0 saturated carbocycles. The Labute approximate surface area is 57.0 Å². The van der Waals surface area contributed by atoms with Crippen LogP contribution in [0.2, 0.25) is 0 Å². The average molecular weight is 145 g/mol. The van der Waals surface area contributed by atoms with Gasteiger partial charge in [0.2, 0.25) is 6.08 Å². The van der Waals surface area contributed by atoms with Gasteiger partial charge in [0.15, 0.2) is 6.04 Å². The number of aliphatic carboxylic acids is 1. The van der Waals surface area contributed by atoms with Crippen molar-refractivity contribution >= 4 is 12.0 Å². The monoisotopic (exact) mass is 145 g/mol. The topological polar surface area (TPSA) is 87.0 Å². The quantitative estimate of drug-likeness (QED) is 0.400. The third kappa shape index (κ3) is 2.39. The molecule has 2 unspecified atom stereocenters. The van der Waals surface area contributed by atoms with E-state index in [-0.39, 0.29) is 0 Å². The summed E-state index contributed by atoms with van der Waals surface area (Å²) in [4.78, 5) is 22.5. The Kier molecular flexibility index (Phi) is 3.32. The molecule has 0 rings (SSSR count). The van der Waals surface area contributed by atoms with Crippen molar-refractivity contribution in [3.05, 3.63) is 0 Å². The number of carboxylic acid groups (broad SMARTS) is 1. The van der Waals surface area contributed by atoms with Gasteiger partial charge in [-0.25, -0.2) is 9.59 Å². The minimum Gasteiger partial charge on any atom is -0.480 e. The maximum atomic E-state index is 10.1. The lowest BCUT2D eigenvalue weighted by Gasteiger charge is -2.06. The van der Waals surface area contributed by atoms with Gasteiger partial charge in [0.05, 0.1) is 6.10 Å². The average Bonchev–Trinajstić information content (AvgIpc) is 1.81. The molecule has 0 saturated heterocycles. The third-order valence-electron chi connectivity index (χ3n) is 0.902. The molecule has 0 amide bonds. The van der Waals surface area contributed by atoms with Crippen molar-refractivity contribution < 1.29 is 19.8 Å². The lowest BCUT2D eigenvalue weighted by Crippen LogP contribution is -2.29. The first-order valence-electron chi connectivity index (χ1n) is 2.57. The third-order valence-corrected chi connectivity index (χ3v) is 0.902. The van der Waals surface area contributed by atoms with Crippen molar-refractivity contribution in [1.82, 2.24) is 0 Å². The highest BCUT2D eigenvalue weighted by Crippen LogP contribution is 1.96. The van der Waals surface area contributed by atoms with E-state index < -0.39 is 18.1 Å². The number of hydrogen-bond donors (Lipinski definition) is 2. The van der Waals surface area contributed by atoms with Crippen LogP contribution in [-0.2, 0) is 9.59 Å². The molecule has 5 nitrogen and oxygen atoms in total. The van der Waals surface area contributed by atoms with Gasteiger partial charge in [-0.3, -0.25) is 0 Å². The highest BCUT2D eigenvalue weighted by Gasteiger charge is 2.21. The summed E-state index contributed by atoms with van der Waals surface area (Å²) in [6.07, 6.45) is -0.103. The fraction of sp³-hybridized carbons (Fsp3) is 0.600. The first-order chi connectivity index (χ1) is 4.59. The van der Waals surface area contributed by atoms with Gasteiger partial charge in [0.1, 0.15) is 0 Å². The Morgan fingerprint density at radius 3 is 2.30 bits per heavy atom. The predicted octanol–water partition coefficient (Wildman–Crippen LogP) is -0.844. The minimum absolute atomic E-state index is 1.06. The van der Waals surface area contributed by atoms with Gasteiger partial charge in [0, 0.05) is 0 Å². The van der Waals surface area contributed by atoms with Crippen LogP contribution in [-0.4, -0.2) is 34.4 Å². The zero-order valence-electron chi connectivity index (χ0n) is 5.31. The van der Waals surface area contributed by atoms with Gasteiger partial charge in [-0.15, -0.1) is 0 Å². The molecule has 0 aromatic rings. The second kappa shape index (κ2) is 3.76. The number of nitrogens with zero attached hydrogens (tertiary/aromatic N) is 1. The fourth-order valence-corrected chi connectivity index (χ4v) is 0.426. The Bertz CT molecular complexity index is 168. The van der Waals surface area contributed by atoms with E-state index in [1.54, 1.807) is 0 Å². The van der Waals surface area contributed by atoms with Crippen molar-refractivity contribution in [2.75, 3.05) is 0 Å². The van der Waals surface area contributed by atoms with Crippen molar-refractivity contribution in [3.8, 4) is 0 Å². The largest absolute Gasteiger partial charge is 0.480 e. The number of isocyanates is 1. The van der Waals surface area contributed by atoms with Gasteiger partial charge in [-0.2, -0.15) is 4.99 Å². The lowest BCUT2D eigenvalue weighted by atomic mass is 10.2. The summed E-state index contributed by atoms with van der Waals surface area (Å²) in [6, 6.07) is -1.39. The van der Waals surface area contributed by atoms with E-state index in [0.29, 0.717) is 0 Å². The fourth-order valence-electron chi connectivity index (χ4n) is 0.426. The molecule has 0 aliphatic carbocycles. The van der Waals surface area contributed by atoms with Crippen LogP contribution < -0.4 is 0 Å². The molecule has 0 aliphatic heterocycles. The number of aliphatic imine (C=N–C) groups is 1. The molecule has 0 bridgehead atoms. The number of carbonyl (C=O) groups is 1. The number of carbonyl (C=O) groups excluding carboxylic acids is 1. The smallest absolute Gasteiger partial charge is 0.332 e. The normalized spacial score (nSPS) is 15.0. The Morgan fingerprint density at radius 2 is 2.20 bits per heavy atom. The summed E-state index contributed by atoms with van der Waals surface area (Å²) in [5.74, 6) is -1.33. The van der Waals surface area contributed by atoms with Crippen molar-refractivity contribution in [3.63, 3.8) is 0 Å². The molecular weight excluding hydrogens is 138 g/mol. The van der Waals surface area contributed by atoms with Crippen LogP contribution in [0.15, 0.2) is 4.99 Å². The van der Waals surface area contributed by atoms with Crippen LogP contribution in [0.1, 0.15) is 6.92 Å². The number of hydrogen-bond acceptors (Lipinski definition) is 4. The SMILES string of the molecule is CC(O)C(N=C=O)C(=O)O. The van der Waals surface area contributed by atoms with E-state index in [1.807, 2.05) is 0 Å². The summed E-state index contributed by atoms with van der Waals surface area (Å²) < 4.78 is 0. The zero-order chi connectivity index (χ0) is 8.15. The molecule has 0 fully saturated rings. The summed E-state index contributed by atoms with van der Waals surface area (Å²) >= 11 is 0. The molecule has 0 heterocycles. The number of aliphatic hydroxyl groups is 1. The molecule has 0 aromatic carbocycles. The van der Waals surface area contributed by atoms with Crippen LogP contribution in [0.25, 0.3) is 0 Å². The van der Waals surface area contributed by atoms with E-state index in [4.69, 9.17) is 10.2 Å². The van der Waals surface area contributed by atoms with Gasteiger partial charge in [0.25, 0.3) is 0 Å². The molecule has 2 N–H and O–H groups in total. The first kappa shape index (κ1) is 8.81. The van der Waals surface area contributed by atoms with Gasteiger partial charge >= 0.3 is 5.97 Å². The van der Waals surface area contributed by atoms with Crippen LogP contribution >= 0.6 is 0 Å². The summed E-state index contributed by atoms with van der Waals surface area (Å²) in [6.45, 7) is 1.24. The van der Waals surface area contributed by atoms with Crippen molar-refractivity contribution in [1.29, 1.82) is 0 Å². The molecule has 5 heteroatoms. The maximum absolute atomic E-state index is 10.1. The van der Waals surface area contributed by atoms with E-state index in [2.05, 4.69) is 4.99 Å². The van der Waals surface area contributed by atoms with E-state index >= 15 is 0 Å². The molecule has 0 radical (unpaired) electrons. The number of carboxylic acids is 1. The molecule has 2 atom stereocenters. The van der Waals surface area contributed by atoms with Crippen LogP contribution in [0.3, 0.4) is 0 Å². The molecular formula is C5H7NO4. The highest BCUT2D eigenvalue weighted by atomic mass is 16.4. The molecule has 0 aromatic heterocycles. The van der Waals surface area contributed by atoms with Crippen LogP contribution in [0.5, 0.6) is 0 Å². The summed E-state index contributed by atoms with van der Waals surface area (Å²) in [7, 11) is 0. The van der Waals surface area contributed by atoms with Crippen molar-refractivity contribution in [2.24, 2.45) is 4.99 Å². The Hall–Kier alpha value is -1.19. The first-order valence-corrected chi connectivity index (χ1v) is 2.57. The number of aliphatic hydroxyl groups excluding tert-OH is 1. The minimum atomic E-state index is -1.39. The summed E-state index contributed by atoms with van der Waals surface area (Å²) in [5.41, 5.74) is 0. The second-order valence-corrected chi connectivity index (χ2v) is 1.74. The van der Waals surface area contributed by atoms with Gasteiger partial charge in [-0.1, -0.05) is 0 Å². The Balaban J connectivity index is 4.26. The molecule has 10 heavy (non-hydrogen) atoms. The molecule has 0 aliphatic rings. The van der Waals surface area contributed by atoms with Crippen LogP contribution in [0, 0.1) is 0 Å². The zero-order valence-corrected chi connectivity index (χ0v) is 5.31. The Morgan fingerprint density at radius 1 is 1.70 bits per heavy atom. The standard InChI is InChI=1S/C5H7NO4/c1-3(8)4(5(9)10)6-2-7/h3-4,8H,1H3,(H,9,10). The highest BCUT2D eigenvalue weighted by molar-refractivity contribution is 5.75. The van der Waals surface area contributed by atoms with Gasteiger partial charge < -0.3 is 10.2 Å². The van der Waals surface area contributed by atoms with Gasteiger partial charge in [-0.05, 0) is 6.92 Å². The second-order valence-electron chi connectivity index (χ2n) is 1.74. The van der Waals surface area contributed by atoms with E-state index in [0.717, 1.165) is 6.08 Å². The lowest BCUT2D eigenvalue weighted by molar-refractivity contribution is -0.140. The van der Waals surface area contributed by atoms with Crippen LogP contribution in [0.4, 0.5) is 0 Å². The van der Waals surface area contributed by atoms with Crippen molar-refractivity contribution in [2.45, 2.75) is 19.1 Å². The summed E-state index contributed by atoms with van der Waals surface area (Å²) in [5, 5.41) is 16.9. The van der Waals surface area contributed by atoms with E-state index in [1.165, 1.54) is 6.92 Å². The molecule has 56 valence electrons. The predicted molar refractivity (Wildman–Crippen MR) is 31.2 cm³/mol. The van der Waals surface area contributed by atoms with E-state index in [9.17, 15) is 9.59 Å². The number of rotatable bonds is 3. The molecule has 0 spiro atoms. The maximum Gasteiger partial charge on any atom is 0.332 e.